The summed E-state index contributed by atoms with van der Waals surface area (Å²) in [5.41, 5.74) is 4.12. The van der Waals surface area contributed by atoms with Gasteiger partial charge in [-0.1, -0.05) is 24.3 Å². The minimum absolute atomic E-state index is 0.454. The molecule has 0 N–H and O–H groups in total. The van der Waals surface area contributed by atoms with Crippen LogP contribution in [0.4, 0.5) is 4.39 Å². The van der Waals surface area contributed by atoms with Crippen LogP contribution in [0.15, 0.2) is 54.0 Å². The molecule has 0 unspecified atom stereocenters. The lowest BCUT2D eigenvalue weighted by Gasteiger charge is -2.05. The number of benzene rings is 2. The zero-order valence-corrected chi connectivity index (χ0v) is 11.6. The van der Waals surface area contributed by atoms with Gasteiger partial charge in [0.25, 0.3) is 0 Å². The van der Waals surface area contributed by atoms with E-state index in [2.05, 4.69) is 15.1 Å². The van der Waals surface area contributed by atoms with Gasteiger partial charge in [-0.25, -0.2) is 9.67 Å². The molecule has 102 valence electrons. The van der Waals surface area contributed by atoms with E-state index >= 15 is 0 Å². The monoisotopic (exact) mass is 296 g/mol. The van der Waals surface area contributed by atoms with Crippen molar-refractivity contribution in [2.75, 3.05) is 0 Å². The number of hydrogen-bond donors (Lipinski definition) is 0. The number of fused-ring (bicyclic) bond motifs is 1. The van der Waals surface area contributed by atoms with E-state index in [1.165, 1.54) is 4.68 Å². The van der Waals surface area contributed by atoms with Crippen LogP contribution in [0.5, 0.6) is 0 Å². The molecular formula is C15H9FN4S. The number of halogens is 1. The van der Waals surface area contributed by atoms with E-state index in [9.17, 15) is 4.39 Å². The van der Waals surface area contributed by atoms with Crippen LogP contribution >= 0.6 is 11.3 Å². The fourth-order valence-corrected chi connectivity index (χ4v) is 2.98. The first-order valence-electron chi connectivity index (χ1n) is 6.33. The van der Waals surface area contributed by atoms with Crippen molar-refractivity contribution >= 4 is 21.6 Å². The van der Waals surface area contributed by atoms with E-state index in [-0.39, 0.29) is 0 Å². The second-order valence-electron chi connectivity index (χ2n) is 4.46. The van der Waals surface area contributed by atoms with Crippen LogP contribution in [0.2, 0.25) is 0 Å². The number of rotatable bonds is 2. The molecule has 21 heavy (non-hydrogen) atoms. The second-order valence-corrected chi connectivity index (χ2v) is 5.34. The highest BCUT2D eigenvalue weighted by atomic mass is 32.1. The molecule has 0 saturated carbocycles. The highest BCUT2D eigenvalue weighted by molar-refractivity contribution is 7.16. The summed E-state index contributed by atoms with van der Waals surface area (Å²) in [6.07, 6.45) is -0.749. The summed E-state index contributed by atoms with van der Waals surface area (Å²) in [6.45, 7) is 0. The molecule has 0 bridgehead atoms. The molecule has 0 atom stereocenters. The smallest absolute Gasteiger partial charge is 0.244 e. The van der Waals surface area contributed by atoms with Crippen LogP contribution in [0.3, 0.4) is 0 Å². The molecule has 2 aromatic heterocycles. The molecule has 0 spiro atoms. The summed E-state index contributed by atoms with van der Waals surface area (Å²) in [4.78, 5) is 8.29. The Morgan fingerprint density at radius 1 is 1.00 bits per heavy atom. The van der Waals surface area contributed by atoms with Crippen molar-refractivity contribution in [3.05, 3.63) is 60.1 Å². The third-order valence-corrected chi connectivity index (χ3v) is 3.98. The zero-order valence-electron chi connectivity index (χ0n) is 10.8. The Balaban J connectivity index is 2.00. The fraction of sp³-hybridized carbons (Fsp3) is 0. The van der Waals surface area contributed by atoms with Crippen LogP contribution in [0, 0.1) is 6.08 Å². The first kappa shape index (κ1) is 12.2. The average Bonchev–Trinajstić information content (AvgIpc) is 3.14. The number of nitrogens with zero attached hydrogens (tertiary/aromatic N) is 4. The van der Waals surface area contributed by atoms with E-state index in [4.69, 9.17) is 0 Å². The van der Waals surface area contributed by atoms with Crippen LogP contribution in [-0.4, -0.2) is 19.7 Å². The van der Waals surface area contributed by atoms with Crippen LogP contribution in [0.1, 0.15) is 0 Å². The van der Waals surface area contributed by atoms with Gasteiger partial charge in [-0.2, -0.15) is 9.37 Å². The first-order valence-corrected chi connectivity index (χ1v) is 7.21. The highest BCUT2D eigenvalue weighted by Crippen LogP contribution is 2.29. The van der Waals surface area contributed by atoms with E-state index in [0.29, 0.717) is 5.82 Å². The predicted molar refractivity (Wildman–Crippen MR) is 79.9 cm³/mol. The maximum Gasteiger partial charge on any atom is 0.328 e. The molecule has 6 heteroatoms. The molecule has 0 aliphatic rings. The summed E-state index contributed by atoms with van der Waals surface area (Å²) in [5.74, 6) is 0.454. The van der Waals surface area contributed by atoms with Crippen molar-refractivity contribution in [1.82, 2.24) is 19.7 Å². The molecular weight excluding hydrogens is 287 g/mol. The Bertz CT molecular complexity index is 914. The van der Waals surface area contributed by atoms with Crippen molar-refractivity contribution < 1.29 is 4.39 Å². The van der Waals surface area contributed by atoms with Gasteiger partial charge in [0.1, 0.15) is 0 Å². The third-order valence-electron chi connectivity index (χ3n) is 3.18. The van der Waals surface area contributed by atoms with Gasteiger partial charge in [0.15, 0.2) is 5.82 Å². The minimum atomic E-state index is -0.749. The molecule has 0 aliphatic heterocycles. The zero-order chi connectivity index (χ0) is 14.2. The Morgan fingerprint density at radius 2 is 1.86 bits per heavy atom. The standard InChI is InChI=1S/C15H9FN4S/c16-15-18-14(20(19-15)10-5-2-1-3-6-10)11-7-4-8-12-13(11)17-9-21-12/h1-9H. The van der Waals surface area contributed by atoms with Crippen molar-refractivity contribution in [3.8, 4) is 17.1 Å². The summed E-state index contributed by atoms with van der Waals surface area (Å²) in [5, 5.41) is 3.86. The number of hydrogen-bond acceptors (Lipinski definition) is 4. The normalized spacial score (nSPS) is 11.1. The summed E-state index contributed by atoms with van der Waals surface area (Å²) in [7, 11) is 0. The average molecular weight is 296 g/mol. The first-order chi connectivity index (χ1) is 10.3. The maximum absolute atomic E-state index is 13.6. The summed E-state index contributed by atoms with van der Waals surface area (Å²) < 4.78 is 16.2. The van der Waals surface area contributed by atoms with Gasteiger partial charge < -0.3 is 0 Å². The molecule has 4 aromatic rings. The number of aromatic nitrogens is 4. The molecule has 0 fully saturated rings. The maximum atomic E-state index is 13.6. The quantitative estimate of drug-likeness (QED) is 0.566. The number of thiazole rings is 1. The van der Waals surface area contributed by atoms with Gasteiger partial charge in [-0.15, -0.1) is 16.4 Å². The molecule has 4 rings (SSSR count). The van der Waals surface area contributed by atoms with E-state index < -0.39 is 6.08 Å². The Hall–Kier alpha value is -2.60. The van der Waals surface area contributed by atoms with Gasteiger partial charge in [-0.3, -0.25) is 0 Å². The van der Waals surface area contributed by atoms with Gasteiger partial charge >= 0.3 is 6.08 Å². The van der Waals surface area contributed by atoms with E-state index in [0.717, 1.165) is 21.5 Å². The SMILES string of the molecule is Fc1nc(-c2cccc3scnc23)n(-c2ccccc2)n1. The van der Waals surface area contributed by atoms with Gasteiger partial charge in [0.05, 0.1) is 21.4 Å². The Morgan fingerprint density at radius 3 is 2.71 bits per heavy atom. The van der Waals surface area contributed by atoms with E-state index in [1.807, 2.05) is 48.5 Å². The molecule has 0 aliphatic carbocycles. The van der Waals surface area contributed by atoms with Crippen molar-refractivity contribution in [3.63, 3.8) is 0 Å². The van der Waals surface area contributed by atoms with Gasteiger partial charge in [-0.05, 0) is 24.3 Å². The van der Waals surface area contributed by atoms with Crippen molar-refractivity contribution in [2.45, 2.75) is 0 Å². The fourth-order valence-electron chi connectivity index (χ4n) is 2.28. The lowest BCUT2D eigenvalue weighted by molar-refractivity contribution is 0.536. The molecule has 4 nitrogen and oxygen atoms in total. The van der Waals surface area contributed by atoms with Gasteiger partial charge in [0.2, 0.25) is 0 Å². The van der Waals surface area contributed by atoms with Gasteiger partial charge in [0, 0.05) is 5.56 Å². The van der Waals surface area contributed by atoms with Crippen LogP contribution in [-0.2, 0) is 0 Å². The lowest BCUT2D eigenvalue weighted by atomic mass is 10.2. The topological polar surface area (TPSA) is 43.6 Å². The predicted octanol–water partition coefficient (Wildman–Crippen LogP) is 3.68. The van der Waals surface area contributed by atoms with Crippen LogP contribution < -0.4 is 0 Å². The second kappa shape index (κ2) is 4.75. The third kappa shape index (κ3) is 2.00. The molecule has 0 saturated heterocycles. The highest BCUT2D eigenvalue weighted by Gasteiger charge is 2.16. The van der Waals surface area contributed by atoms with Crippen molar-refractivity contribution in [2.24, 2.45) is 0 Å². The summed E-state index contributed by atoms with van der Waals surface area (Å²) >= 11 is 1.54. The molecule has 0 radical (unpaired) electrons. The van der Waals surface area contributed by atoms with Crippen LogP contribution in [0.25, 0.3) is 27.3 Å². The van der Waals surface area contributed by atoms with E-state index in [1.54, 1.807) is 16.8 Å². The molecule has 0 amide bonds. The Kier molecular flexibility index (Phi) is 2.75. The van der Waals surface area contributed by atoms with Crippen molar-refractivity contribution in [1.29, 1.82) is 0 Å². The summed E-state index contributed by atoms with van der Waals surface area (Å²) in [6, 6.07) is 15.2. The minimum Gasteiger partial charge on any atom is -0.244 e. The molecule has 2 aromatic carbocycles. The Labute approximate surface area is 123 Å². The lowest BCUT2D eigenvalue weighted by Crippen LogP contribution is -1.99. The largest absolute Gasteiger partial charge is 0.328 e. The number of para-hydroxylation sites is 2. The molecule has 2 heterocycles.